The molecule has 1 heterocycles. The van der Waals surface area contributed by atoms with E-state index in [1.807, 2.05) is 14.1 Å². The molecule has 0 radical (unpaired) electrons. The maximum Gasteiger partial charge on any atom is 0.119 e. The van der Waals surface area contributed by atoms with Gasteiger partial charge in [0.25, 0.3) is 0 Å². The summed E-state index contributed by atoms with van der Waals surface area (Å²) in [5.74, 6) is 1.01. The third-order valence-corrected chi connectivity index (χ3v) is 5.55. The monoisotopic (exact) mass is 346 g/mol. The molecule has 1 aromatic rings. The summed E-state index contributed by atoms with van der Waals surface area (Å²) in [4.78, 5) is 4.57. The topological polar surface area (TPSA) is 35.9 Å². The van der Waals surface area contributed by atoms with Crippen LogP contribution in [0.5, 0.6) is 5.75 Å². The second-order valence-electron chi connectivity index (χ2n) is 8.26. The van der Waals surface area contributed by atoms with Crippen molar-refractivity contribution in [1.29, 1.82) is 0 Å². The van der Waals surface area contributed by atoms with E-state index in [0.717, 1.165) is 51.2 Å². The molecule has 0 bridgehead atoms. The van der Waals surface area contributed by atoms with Crippen LogP contribution in [0.4, 0.5) is 0 Å². The molecule has 25 heavy (non-hydrogen) atoms. The predicted molar refractivity (Wildman–Crippen MR) is 102 cm³/mol. The van der Waals surface area contributed by atoms with Crippen LogP contribution >= 0.6 is 0 Å². The van der Waals surface area contributed by atoms with Gasteiger partial charge in [-0.15, -0.1) is 0 Å². The molecular weight excluding hydrogens is 312 g/mol. The first kappa shape index (κ1) is 18.7. The third kappa shape index (κ3) is 5.70. The van der Waals surface area contributed by atoms with Crippen LogP contribution in [-0.2, 0) is 6.54 Å². The molecule has 1 aromatic carbocycles. The summed E-state index contributed by atoms with van der Waals surface area (Å²) >= 11 is 0. The minimum atomic E-state index is -0.531. The normalized spacial score (nSPS) is 26.1. The molecule has 2 fully saturated rings. The van der Waals surface area contributed by atoms with Gasteiger partial charge < -0.3 is 14.7 Å². The van der Waals surface area contributed by atoms with Crippen molar-refractivity contribution < 1.29 is 9.84 Å². The fourth-order valence-electron chi connectivity index (χ4n) is 4.27. The average Bonchev–Trinajstić information content (AvgIpc) is 3.00. The highest BCUT2D eigenvalue weighted by molar-refractivity contribution is 5.27. The van der Waals surface area contributed by atoms with E-state index in [1.54, 1.807) is 0 Å². The summed E-state index contributed by atoms with van der Waals surface area (Å²) < 4.78 is 6.05. The molecule has 0 amide bonds. The Morgan fingerprint density at radius 2 is 1.80 bits per heavy atom. The molecule has 2 aliphatic rings. The van der Waals surface area contributed by atoms with Gasteiger partial charge in [-0.3, -0.25) is 4.90 Å². The highest BCUT2D eigenvalue weighted by atomic mass is 16.5. The standard InChI is InChI=1S/C21H34N2O2/c1-22(2)17-21(24)12-5-14-23(15-13-21)16-18-8-10-20(11-9-18)25-19-6-3-4-7-19/h8-11,19,24H,3-7,12-17H2,1-2H3/t21-/m0/s1. The zero-order chi connectivity index (χ0) is 17.7. The first-order valence-electron chi connectivity index (χ1n) is 9.87. The van der Waals surface area contributed by atoms with Gasteiger partial charge in [0.05, 0.1) is 11.7 Å². The Balaban J connectivity index is 1.50. The smallest absolute Gasteiger partial charge is 0.119 e. The van der Waals surface area contributed by atoms with Gasteiger partial charge in [0.1, 0.15) is 5.75 Å². The van der Waals surface area contributed by atoms with Crippen LogP contribution in [0.1, 0.15) is 50.5 Å². The van der Waals surface area contributed by atoms with E-state index < -0.39 is 5.60 Å². The molecular formula is C21H34N2O2. The van der Waals surface area contributed by atoms with Crippen LogP contribution in [0.2, 0.25) is 0 Å². The molecule has 1 aliphatic heterocycles. The maximum absolute atomic E-state index is 10.8. The molecule has 140 valence electrons. The number of hydrogen-bond donors (Lipinski definition) is 1. The summed E-state index contributed by atoms with van der Waals surface area (Å²) in [6.07, 6.45) is 8.25. The number of likely N-dealkylation sites (tertiary alicyclic amines) is 1. The zero-order valence-electron chi connectivity index (χ0n) is 15.9. The SMILES string of the molecule is CN(C)C[C@]1(O)CCCN(Cc2ccc(OC3CCCC3)cc2)CC1. The van der Waals surface area contributed by atoms with Crippen molar-refractivity contribution in [2.24, 2.45) is 0 Å². The second-order valence-corrected chi connectivity index (χ2v) is 8.26. The highest BCUT2D eigenvalue weighted by Gasteiger charge is 2.30. The minimum Gasteiger partial charge on any atom is -0.490 e. The van der Waals surface area contributed by atoms with E-state index in [4.69, 9.17) is 4.74 Å². The third-order valence-electron chi connectivity index (χ3n) is 5.55. The Hall–Kier alpha value is -1.10. The molecule has 1 N–H and O–H groups in total. The fraction of sp³-hybridized carbons (Fsp3) is 0.714. The van der Waals surface area contributed by atoms with Gasteiger partial charge in [-0.2, -0.15) is 0 Å². The summed E-state index contributed by atoms with van der Waals surface area (Å²) in [6.45, 7) is 3.75. The Labute approximate surface area is 152 Å². The Bertz CT molecular complexity index is 525. The Morgan fingerprint density at radius 3 is 2.48 bits per heavy atom. The number of likely N-dealkylation sites (N-methyl/N-ethyl adjacent to an activating group) is 1. The molecule has 3 rings (SSSR count). The Kier molecular flexibility index (Phi) is 6.37. The van der Waals surface area contributed by atoms with E-state index >= 15 is 0 Å². The largest absolute Gasteiger partial charge is 0.490 e. The molecule has 1 saturated heterocycles. The van der Waals surface area contributed by atoms with Gasteiger partial charge in [0.15, 0.2) is 0 Å². The van der Waals surface area contributed by atoms with E-state index in [1.165, 1.54) is 31.2 Å². The highest BCUT2D eigenvalue weighted by Crippen LogP contribution is 2.26. The lowest BCUT2D eigenvalue weighted by Crippen LogP contribution is -2.40. The van der Waals surface area contributed by atoms with Crippen molar-refractivity contribution in [2.45, 2.75) is 63.2 Å². The van der Waals surface area contributed by atoms with Crippen molar-refractivity contribution in [2.75, 3.05) is 33.7 Å². The van der Waals surface area contributed by atoms with Gasteiger partial charge in [-0.05, 0) is 83.3 Å². The number of aliphatic hydroxyl groups is 1. The van der Waals surface area contributed by atoms with Crippen molar-refractivity contribution in [3.05, 3.63) is 29.8 Å². The predicted octanol–water partition coefficient (Wildman–Crippen LogP) is 3.29. The number of hydrogen-bond acceptors (Lipinski definition) is 4. The molecule has 0 spiro atoms. The Morgan fingerprint density at radius 1 is 1.08 bits per heavy atom. The van der Waals surface area contributed by atoms with Crippen LogP contribution in [0.15, 0.2) is 24.3 Å². The van der Waals surface area contributed by atoms with E-state index in [9.17, 15) is 5.11 Å². The number of ether oxygens (including phenoxy) is 1. The summed E-state index contributed by atoms with van der Waals surface area (Å²) in [7, 11) is 4.08. The van der Waals surface area contributed by atoms with Gasteiger partial charge in [-0.25, -0.2) is 0 Å². The lowest BCUT2D eigenvalue weighted by Gasteiger charge is -2.30. The fourth-order valence-corrected chi connectivity index (χ4v) is 4.27. The van der Waals surface area contributed by atoms with E-state index in [-0.39, 0.29) is 0 Å². The van der Waals surface area contributed by atoms with Crippen molar-refractivity contribution in [3.8, 4) is 5.75 Å². The van der Waals surface area contributed by atoms with Gasteiger partial charge in [0.2, 0.25) is 0 Å². The first-order valence-corrected chi connectivity index (χ1v) is 9.87. The summed E-state index contributed by atoms with van der Waals surface area (Å²) in [5.41, 5.74) is 0.800. The molecule has 1 atom stereocenters. The summed E-state index contributed by atoms with van der Waals surface area (Å²) in [5, 5.41) is 10.8. The lowest BCUT2D eigenvalue weighted by molar-refractivity contribution is 0.00258. The molecule has 0 aromatic heterocycles. The average molecular weight is 347 g/mol. The van der Waals surface area contributed by atoms with Crippen LogP contribution in [-0.4, -0.2) is 60.3 Å². The zero-order valence-corrected chi connectivity index (χ0v) is 15.9. The minimum absolute atomic E-state index is 0.422. The second kappa shape index (κ2) is 8.52. The first-order chi connectivity index (χ1) is 12.0. The lowest BCUT2D eigenvalue weighted by atomic mass is 9.94. The molecule has 0 unspecified atom stereocenters. The van der Waals surface area contributed by atoms with E-state index in [2.05, 4.69) is 34.1 Å². The van der Waals surface area contributed by atoms with Crippen molar-refractivity contribution in [3.63, 3.8) is 0 Å². The maximum atomic E-state index is 10.8. The molecule has 1 aliphatic carbocycles. The van der Waals surface area contributed by atoms with Crippen LogP contribution in [0.3, 0.4) is 0 Å². The quantitative estimate of drug-likeness (QED) is 0.857. The van der Waals surface area contributed by atoms with E-state index in [0.29, 0.717) is 6.10 Å². The molecule has 4 heteroatoms. The van der Waals surface area contributed by atoms with Crippen molar-refractivity contribution in [1.82, 2.24) is 9.80 Å². The van der Waals surface area contributed by atoms with Crippen LogP contribution in [0, 0.1) is 0 Å². The summed E-state index contributed by atoms with van der Waals surface area (Å²) in [6, 6.07) is 8.63. The molecule has 4 nitrogen and oxygen atoms in total. The van der Waals surface area contributed by atoms with Gasteiger partial charge >= 0.3 is 0 Å². The molecule has 1 saturated carbocycles. The number of benzene rings is 1. The van der Waals surface area contributed by atoms with Gasteiger partial charge in [0, 0.05) is 19.6 Å². The van der Waals surface area contributed by atoms with Gasteiger partial charge in [-0.1, -0.05) is 12.1 Å². The number of rotatable bonds is 6. The van der Waals surface area contributed by atoms with Crippen molar-refractivity contribution >= 4 is 0 Å². The van der Waals surface area contributed by atoms with Crippen LogP contribution in [0.25, 0.3) is 0 Å². The number of nitrogens with zero attached hydrogens (tertiary/aromatic N) is 2. The van der Waals surface area contributed by atoms with Crippen LogP contribution < -0.4 is 4.74 Å².